The predicted molar refractivity (Wildman–Crippen MR) is 156 cm³/mol. The Morgan fingerprint density at radius 3 is 2.38 bits per heavy atom. The Hall–Kier alpha value is -3.46. The van der Waals surface area contributed by atoms with Crippen LogP contribution in [0, 0.1) is 25.2 Å². The van der Waals surface area contributed by atoms with Crippen LogP contribution in [-0.2, 0) is 10.0 Å². The molecule has 3 aromatic rings. The molecular formula is C31H38N4O4S. The second-order valence-electron chi connectivity index (χ2n) is 12.3. The minimum atomic E-state index is -4.08. The molecule has 0 spiro atoms. The van der Waals surface area contributed by atoms with Crippen LogP contribution in [0.1, 0.15) is 67.9 Å². The molecule has 2 heterocycles. The van der Waals surface area contributed by atoms with Gasteiger partial charge in [-0.25, -0.2) is 18.1 Å². The largest absolute Gasteiger partial charge is 0.475 e. The van der Waals surface area contributed by atoms with E-state index in [9.17, 15) is 13.2 Å². The van der Waals surface area contributed by atoms with E-state index in [0.717, 1.165) is 36.0 Å². The van der Waals surface area contributed by atoms with Crippen molar-refractivity contribution in [3.8, 4) is 17.1 Å². The van der Waals surface area contributed by atoms with E-state index in [2.05, 4.69) is 35.5 Å². The lowest BCUT2D eigenvalue weighted by atomic mass is 9.83. The summed E-state index contributed by atoms with van der Waals surface area (Å²) >= 11 is 0. The van der Waals surface area contributed by atoms with Crippen molar-refractivity contribution in [3.05, 3.63) is 65.2 Å². The van der Waals surface area contributed by atoms with Crippen molar-refractivity contribution in [1.82, 2.24) is 14.9 Å². The van der Waals surface area contributed by atoms with Gasteiger partial charge in [-0.2, -0.15) is 4.98 Å². The molecule has 1 N–H and O–H groups in total. The molecule has 5 rings (SSSR count). The molecule has 0 radical (unpaired) electrons. The fourth-order valence-electron chi connectivity index (χ4n) is 5.53. The number of fused-ring (bicyclic) bond motifs is 4. The number of hydrogen-bond acceptors (Lipinski definition) is 6. The van der Waals surface area contributed by atoms with E-state index in [1.54, 1.807) is 18.2 Å². The smallest absolute Gasteiger partial charge is 0.264 e. The number of benzene rings is 2. The quantitative estimate of drug-likeness (QED) is 0.419. The molecule has 1 aliphatic heterocycles. The van der Waals surface area contributed by atoms with Crippen LogP contribution >= 0.6 is 0 Å². The molecule has 1 aliphatic carbocycles. The van der Waals surface area contributed by atoms with Crippen LogP contribution in [0.2, 0.25) is 0 Å². The van der Waals surface area contributed by atoms with Gasteiger partial charge in [0.2, 0.25) is 11.8 Å². The van der Waals surface area contributed by atoms with Crippen LogP contribution < -0.4 is 9.46 Å². The summed E-state index contributed by atoms with van der Waals surface area (Å²) in [5.74, 6) is 0.420. The summed E-state index contributed by atoms with van der Waals surface area (Å²) in [6, 6.07) is 13.7. The molecule has 4 bridgehead atoms. The van der Waals surface area contributed by atoms with Gasteiger partial charge in [-0.3, -0.25) is 4.79 Å². The zero-order valence-electron chi connectivity index (χ0n) is 23.9. The molecule has 1 saturated carbocycles. The maximum Gasteiger partial charge on any atom is 0.264 e. The number of hydrogen-bond donors (Lipinski definition) is 1. The molecule has 1 atom stereocenters. The molecule has 8 nitrogen and oxygen atoms in total. The first-order valence-corrected chi connectivity index (χ1v) is 15.4. The lowest BCUT2D eigenvalue weighted by Crippen LogP contribution is -2.48. The van der Waals surface area contributed by atoms with E-state index < -0.39 is 10.0 Å². The first-order chi connectivity index (χ1) is 18.9. The number of carbonyl (C=O) groups excluding carboxylic acids is 1. The van der Waals surface area contributed by atoms with E-state index in [0.29, 0.717) is 30.1 Å². The summed E-state index contributed by atoms with van der Waals surface area (Å²) < 4.78 is 35.8. The Morgan fingerprint density at radius 2 is 1.73 bits per heavy atom. The first-order valence-electron chi connectivity index (χ1n) is 13.9. The normalized spacial score (nSPS) is 19.4. The number of aryl methyl sites for hydroxylation is 2. The number of ether oxygens (including phenoxy) is 1. The van der Waals surface area contributed by atoms with E-state index in [4.69, 9.17) is 4.74 Å². The fourth-order valence-corrected chi connectivity index (χ4v) is 6.52. The van der Waals surface area contributed by atoms with Crippen molar-refractivity contribution in [2.24, 2.45) is 11.3 Å². The van der Waals surface area contributed by atoms with Gasteiger partial charge in [-0.15, -0.1) is 0 Å². The second kappa shape index (κ2) is 10.8. The molecule has 2 aliphatic rings. The Labute approximate surface area is 237 Å². The summed E-state index contributed by atoms with van der Waals surface area (Å²) in [6.45, 7) is 11.3. The van der Waals surface area contributed by atoms with Gasteiger partial charge in [-0.05, 0) is 73.8 Å². The highest BCUT2D eigenvalue weighted by molar-refractivity contribution is 7.92. The van der Waals surface area contributed by atoms with Gasteiger partial charge in [0.25, 0.3) is 15.9 Å². The SMILES string of the molecule is Cc1cccc(C)c1-c1cc2nc(n1)NS(=O)(=O)c1cccc(c1)C(=O)N(CC1CCC1)[C@H](CC(C)(C)C)CO2. The average Bonchev–Trinajstić information content (AvgIpc) is 2.84. The topological polar surface area (TPSA) is 101 Å². The van der Waals surface area contributed by atoms with Gasteiger partial charge < -0.3 is 9.64 Å². The van der Waals surface area contributed by atoms with Crippen molar-refractivity contribution in [2.75, 3.05) is 17.9 Å². The molecule has 0 unspecified atom stereocenters. The zero-order chi connectivity index (χ0) is 28.7. The Bertz CT molecular complexity index is 1510. The third kappa shape index (κ3) is 6.14. The summed E-state index contributed by atoms with van der Waals surface area (Å²) in [6.07, 6.45) is 4.04. The maximum absolute atomic E-state index is 14.0. The van der Waals surface area contributed by atoms with Crippen molar-refractivity contribution in [2.45, 2.75) is 71.2 Å². The van der Waals surface area contributed by atoms with Gasteiger partial charge in [0.1, 0.15) is 6.61 Å². The zero-order valence-corrected chi connectivity index (χ0v) is 24.7. The highest BCUT2D eigenvalue weighted by atomic mass is 32.2. The van der Waals surface area contributed by atoms with Crippen molar-refractivity contribution < 1.29 is 17.9 Å². The lowest BCUT2D eigenvalue weighted by Gasteiger charge is -2.39. The Morgan fingerprint density at radius 1 is 1.02 bits per heavy atom. The highest BCUT2D eigenvalue weighted by Crippen LogP contribution is 2.33. The van der Waals surface area contributed by atoms with Gasteiger partial charge in [0, 0.05) is 23.7 Å². The van der Waals surface area contributed by atoms with Crippen LogP contribution in [0.4, 0.5) is 5.95 Å². The molecule has 1 fully saturated rings. The number of nitrogens with zero attached hydrogens (tertiary/aromatic N) is 3. The van der Waals surface area contributed by atoms with Crippen molar-refractivity contribution >= 4 is 21.9 Å². The van der Waals surface area contributed by atoms with Crippen LogP contribution in [0.3, 0.4) is 0 Å². The van der Waals surface area contributed by atoms with E-state index >= 15 is 0 Å². The summed E-state index contributed by atoms with van der Waals surface area (Å²) in [7, 11) is -4.08. The van der Waals surface area contributed by atoms with Crippen molar-refractivity contribution in [1.29, 1.82) is 0 Å². The highest BCUT2D eigenvalue weighted by Gasteiger charge is 2.34. The summed E-state index contributed by atoms with van der Waals surface area (Å²) in [4.78, 5) is 25.0. The number of aromatic nitrogens is 2. The minimum Gasteiger partial charge on any atom is -0.475 e. The Kier molecular flexibility index (Phi) is 7.61. The van der Waals surface area contributed by atoms with E-state index in [1.165, 1.54) is 12.1 Å². The molecule has 1 amide bonds. The molecule has 212 valence electrons. The van der Waals surface area contributed by atoms with Gasteiger partial charge in [-0.1, -0.05) is 51.5 Å². The number of amides is 1. The van der Waals surface area contributed by atoms with Crippen LogP contribution in [0.15, 0.2) is 53.4 Å². The standard InChI is InChI=1S/C31H38N4O4S/c1-20-9-6-10-21(2)28(20)26-16-27-33-30(32-26)34-40(37,38)25-14-8-13-23(15-25)29(36)35(18-22-11-7-12-22)24(19-39-27)17-31(3,4)5/h6,8-10,13-16,22,24H,7,11-12,17-19H2,1-5H3,(H,32,33,34)/t24-/m1/s1. The second-order valence-corrected chi connectivity index (χ2v) is 14.0. The lowest BCUT2D eigenvalue weighted by molar-refractivity contribution is 0.0437. The van der Waals surface area contributed by atoms with Crippen LogP contribution in [-0.4, -0.2) is 48.4 Å². The van der Waals surface area contributed by atoms with Gasteiger partial charge >= 0.3 is 0 Å². The molecule has 0 saturated heterocycles. The van der Waals surface area contributed by atoms with Crippen molar-refractivity contribution in [3.63, 3.8) is 0 Å². The van der Waals surface area contributed by atoms with Gasteiger partial charge in [0.15, 0.2) is 0 Å². The number of anilines is 1. The number of carbonyl (C=O) groups is 1. The van der Waals surface area contributed by atoms with Crippen LogP contribution in [0.5, 0.6) is 5.88 Å². The number of rotatable bonds is 4. The molecule has 9 heteroatoms. The number of sulfonamides is 1. The van der Waals surface area contributed by atoms with E-state index in [-0.39, 0.29) is 40.7 Å². The van der Waals surface area contributed by atoms with Gasteiger partial charge in [0.05, 0.1) is 16.6 Å². The first kappa shape index (κ1) is 28.1. The average molecular weight is 563 g/mol. The summed E-state index contributed by atoms with van der Waals surface area (Å²) in [5, 5.41) is 0. The third-order valence-electron chi connectivity index (χ3n) is 7.71. The predicted octanol–water partition coefficient (Wildman–Crippen LogP) is 6.00. The third-order valence-corrected chi connectivity index (χ3v) is 9.04. The number of nitrogens with one attached hydrogen (secondary N) is 1. The molecular weight excluding hydrogens is 524 g/mol. The monoisotopic (exact) mass is 562 g/mol. The summed E-state index contributed by atoms with van der Waals surface area (Å²) in [5.41, 5.74) is 3.74. The fraction of sp³-hybridized carbons (Fsp3) is 0.452. The molecule has 1 aromatic heterocycles. The molecule has 40 heavy (non-hydrogen) atoms. The molecule has 2 aromatic carbocycles. The van der Waals surface area contributed by atoms with Crippen LogP contribution in [0.25, 0.3) is 11.3 Å². The minimum absolute atomic E-state index is 0.0166. The Balaban J connectivity index is 1.66. The van der Waals surface area contributed by atoms with E-state index in [1.807, 2.05) is 36.9 Å². The maximum atomic E-state index is 14.0.